The van der Waals surface area contributed by atoms with Crippen LogP contribution < -0.4 is 5.01 Å². The van der Waals surface area contributed by atoms with E-state index >= 15 is 0 Å². The summed E-state index contributed by atoms with van der Waals surface area (Å²) in [4.78, 5) is 0. The van der Waals surface area contributed by atoms with Crippen molar-refractivity contribution in [3.63, 3.8) is 0 Å². The molecule has 0 aromatic heterocycles. The summed E-state index contributed by atoms with van der Waals surface area (Å²) in [5, 5.41) is 4.87. The molecule has 4 heteroatoms. The fraction of sp³-hybridized carbons (Fsp3) is 0.125. The van der Waals surface area contributed by atoms with Crippen LogP contribution in [0.1, 0.15) is 0 Å². The molecule has 1 aromatic rings. The second-order valence-corrected chi connectivity index (χ2v) is 2.26. The Balaban J connectivity index is 3.04. The topological polar surface area (TPSA) is 15.6 Å². The third kappa shape index (κ3) is 1.58. The second-order valence-electron chi connectivity index (χ2n) is 2.26. The van der Waals surface area contributed by atoms with E-state index in [1.807, 2.05) is 0 Å². The molecule has 0 aliphatic carbocycles. The molecule has 0 fully saturated rings. The van der Waals surface area contributed by atoms with E-state index in [0.717, 1.165) is 12.1 Å². The predicted molar refractivity (Wildman–Crippen MR) is 44.3 cm³/mol. The minimum Gasteiger partial charge on any atom is -0.269 e. The number of hydrogen-bond acceptors (Lipinski definition) is 2. The van der Waals surface area contributed by atoms with Crippen LogP contribution in [0.3, 0.4) is 0 Å². The van der Waals surface area contributed by atoms with E-state index in [0.29, 0.717) is 5.69 Å². The molecule has 0 unspecified atom stereocenters. The van der Waals surface area contributed by atoms with Crippen molar-refractivity contribution in [1.29, 1.82) is 0 Å². The first-order chi connectivity index (χ1) is 5.65. The molecule has 0 saturated carbocycles. The van der Waals surface area contributed by atoms with Gasteiger partial charge >= 0.3 is 0 Å². The summed E-state index contributed by atoms with van der Waals surface area (Å²) in [6, 6.07) is 3.53. The Morgan fingerprint density at radius 2 is 2.00 bits per heavy atom. The molecule has 12 heavy (non-hydrogen) atoms. The summed E-state index contributed by atoms with van der Waals surface area (Å²) in [7, 11) is 1.60. The van der Waals surface area contributed by atoms with Gasteiger partial charge in [0.15, 0.2) is 11.6 Å². The molecule has 0 radical (unpaired) electrons. The number of benzene rings is 1. The van der Waals surface area contributed by atoms with Crippen LogP contribution >= 0.6 is 0 Å². The zero-order valence-corrected chi connectivity index (χ0v) is 6.59. The van der Waals surface area contributed by atoms with Crippen molar-refractivity contribution in [3.05, 3.63) is 29.8 Å². The third-order valence-corrected chi connectivity index (χ3v) is 1.49. The molecule has 0 spiro atoms. The van der Waals surface area contributed by atoms with E-state index < -0.39 is 11.6 Å². The molecular formula is C8H8F2N2. The number of hydrazone groups is 1. The monoisotopic (exact) mass is 170 g/mol. The van der Waals surface area contributed by atoms with E-state index in [-0.39, 0.29) is 0 Å². The van der Waals surface area contributed by atoms with Gasteiger partial charge < -0.3 is 0 Å². The number of hydrogen-bond donors (Lipinski definition) is 0. The number of rotatable bonds is 2. The number of nitrogens with zero attached hydrogens (tertiary/aromatic N) is 2. The smallest absolute Gasteiger partial charge is 0.160 e. The van der Waals surface area contributed by atoms with Gasteiger partial charge in [0.05, 0.1) is 5.69 Å². The quantitative estimate of drug-likeness (QED) is 0.489. The first-order valence-corrected chi connectivity index (χ1v) is 3.30. The van der Waals surface area contributed by atoms with Crippen LogP contribution in [-0.4, -0.2) is 13.8 Å². The van der Waals surface area contributed by atoms with Gasteiger partial charge in [0.2, 0.25) is 0 Å². The second kappa shape index (κ2) is 3.30. The summed E-state index contributed by atoms with van der Waals surface area (Å²) in [5.74, 6) is -1.75. The van der Waals surface area contributed by atoms with Crippen molar-refractivity contribution in [2.45, 2.75) is 0 Å². The molecule has 2 nitrogen and oxygen atoms in total. The van der Waals surface area contributed by atoms with Crippen molar-refractivity contribution in [2.75, 3.05) is 12.1 Å². The Morgan fingerprint density at radius 1 is 1.33 bits per heavy atom. The zero-order chi connectivity index (χ0) is 9.14. The van der Waals surface area contributed by atoms with Crippen LogP contribution in [0.15, 0.2) is 23.3 Å². The summed E-state index contributed by atoms with van der Waals surface area (Å²) < 4.78 is 25.0. The van der Waals surface area contributed by atoms with Crippen LogP contribution in [0.5, 0.6) is 0 Å². The Kier molecular flexibility index (Phi) is 2.38. The lowest BCUT2D eigenvalue weighted by Crippen LogP contribution is -2.07. The average molecular weight is 170 g/mol. The van der Waals surface area contributed by atoms with E-state index in [2.05, 4.69) is 11.8 Å². The maximum absolute atomic E-state index is 12.6. The van der Waals surface area contributed by atoms with Gasteiger partial charge in [-0.25, -0.2) is 8.78 Å². The zero-order valence-electron chi connectivity index (χ0n) is 6.59. The minimum absolute atomic E-state index is 0.462. The van der Waals surface area contributed by atoms with Crippen LogP contribution in [0, 0.1) is 11.6 Å². The molecular weight excluding hydrogens is 162 g/mol. The average Bonchev–Trinajstić information content (AvgIpc) is 2.08. The fourth-order valence-corrected chi connectivity index (χ4v) is 0.768. The van der Waals surface area contributed by atoms with Gasteiger partial charge in [-0.15, -0.1) is 0 Å². The third-order valence-electron chi connectivity index (χ3n) is 1.49. The minimum atomic E-state index is -0.886. The van der Waals surface area contributed by atoms with E-state index in [1.165, 1.54) is 11.1 Å². The maximum Gasteiger partial charge on any atom is 0.160 e. The Hall–Kier alpha value is -1.45. The van der Waals surface area contributed by atoms with Gasteiger partial charge in [-0.2, -0.15) is 5.10 Å². The first kappa shape index (κ1) is 8.64. The van der Waals surface area contributed by atoms with Crippen molar-refractivity contribution in [3.8, 4) is 0 Å². The molecule has 0 bridgehead atoms. The van der Waals surface area contributed by atoms with E-state index in [9.17, 15) is 8.78 Å². The highest BCUT2D eigenvalue weighted by atomic mass is 19.2. The van der Waals surface area contributed by atoms with Crippen molar-refractivity contribution < 1.29 is 8.78 Å². The molecule has 0 heterocycles. The summed E-state index contributed by atoms with van der Waals surface area (Å²) in [6.45, 7) is 3.25. The van der Waals surface area contributed by atoms with Crippen LogP contribution in [0.2, 0.25) is 0 Å². The van der Waals surface area contributed by atoms with Crippen molar-refractivity contribution in [2.24, 2.45) is 5.10 Å². The standard InChI is InChI=1S/C8H8F2N2/c1-11-12(2)6-3-4-7(9)8(10)5-6/h3-5H,1H2,2H3. The van der Waals surface area contributed by atoms with Gasteiger partial charge in [-0.05, 0) is 12.1 Å². The SMILES string of the molecule is C=NN(C)c1ccc(F)c(F)c1. The number of halogens is 2. The van der Waals surface area contributed by atoms with Crippen LogP contribution in [0.25, 0.3) is 0 Å². The van der Waals surface area contributed by atoms with Crippen molar-refractivity contribution >= 4 is 12.4 Å². The van der Waals surface area contributed by atoms with Crippen molar-refractivity contribution in [1.82, 2.24) is 0 Å². The molecule has 0 N–H and O–H groups in total. The summed E-state index contributed by atoms with van der Waals surface area (Å²) >= 11 is 0. The lowest BCUT2D eigenvalue weighted by atomic mass is 10.3. The van der Waals surface area contributed by atoms with E-state index in [4.69, 9.17) is 0 Å². The largest absolute Gasteiger partial charge is 0.269 e. The molecule has 0 aliphatic rings. The molecule has 1 aromatic carbocycles. The lowest BCUT2D eigenvalue weighted by Gasteiger charge is -2.11. The lowest BCUT2D eigenvalue weighted by molar-refractivity contribution is 0.508. The highest BCUT2D eigenvalue weighted by Crippen LogP contribution is 2.16. The fourth-order valence-electron chi connectivity index (χ4n) is 0.768. The highest BCUT2D eigenvalue weighted by Gasteiger charge is 2.03. The van der Waals surface area contributed by atoms with Gasteiger partial charge in [0, 0.05) is 19.8 Å². The summed E-state index contributed by atoms with van der Waals surface area (Å²) in [5.41, 5.74) is 0.462. The van der Waals surface area contributed by atoms with Gasteiger partial charge in [0.1, 0.15) is 0 Å². The molecule has 0 amide bonds. The molecule has 0 atom stereocenters. The molecule has 0 aliphatic heterocycles. The summed E-state index contributed by atoms with van der Waals surface area (Å²) in [6.07, 6.45) is 0. The first-order valence-electron chi connectivity index (χ1n) is 3.30. The highest BCUT2D eigenvalue weighted by molar-refractivity contribution is 5.47. The predicted octanol–water partition coefficient (Wildman–Crippen LogP) is 2.02. The maximum atomic E-state index is 12.6. The molecule has 1 rings (SSSR count). The van der Waals surface area contributed by atoms with Gasteiger partial charge in [0.25, 0.3) is 0 Å². The Bertz CT molecular complexity index is 299. The van der Waals surface area contributed by atoms with Crippen LogP contribution in [-0.2, 0) is 0 Å². The molecule has 64 valence electrons. The van der Waals surface area contributed by atoms with Crippen LogP contribution in [0.4, 0.5) is 14.5 Å². The van der Waals surface area contributed by atoms with Gasteiger partial charge in [-0.1, -0.05) is 0 Å². The van der Waals surface area contributed by atoms with E-state index in [1.54, 1.807) is 7.05 Å². The Morgan fingerprint density at radius 3 is 2.50 bits per heavy atom. The Labute approximate surface area is 69.1 Å². The van der Waals surface area contributed by atoms with Gasteiger partial charge in [-0.3, -0.25) is 5.01 Å². The number of anilines is 1. The molecule has 0 saturated heterocycles. The normalized spacial score (nSPS) is 9.58.